The lowest BCUT2D eigenvalue weighted by atomic mass is 9.81. The van der Waals surface area contributed by atoms with Crippen LogP contribution in [0.3, 0.4) is 0 Å². The topological polar surface area (TPSA) is 46.0 Å². The molecule has 1 aromatic carbocycles. The fourth-order valence-corrected chi connectivity index (χ4v) is 2.49. The van der Waals surface area contributed by atoms with Crippen LogP contribution in [-0.2, 0) is 0 Å². The maximum absolute atomic E-state index is 9.78. The number of fused-ring (bicyclic) bond motifs is 1. The Morgan fingerprint density at radius 1 is 1.25 bits per heavy atom. The van der Waals surface area contributed by atoms with E-state index >= 15 is 0 Å². The molecule has 3 rings (SSSR count). The molecule has 0 atom stereocenters. The largest absolute Gasteiger partial charge is 0.506 e. The maximum Gasteiger partial charge on any atom is 0.197 e. The van der Waals surface area contributed by atoms with Crippen LogP contribution in [0.25, 0.3) is 10.9 Å². The third-order valence-corrected chi connectivity index (χ3v) is 3.55. The maximum atomic E-state index is 9.78. The summed E-state index contributed by atoms with van der Waals surface area (Å²) < 4.78 is 0.559. The Bertz CT molecular complexity index is 552. The van der Waals surface area contributed by atoms with E-state index in [9.17, 15) is 5.11 Å². The lowest BCUT2D eigenvalue weighted by Crippen LogP contribution is -2.11. The fraction of sp³-hybridized carbons (Fsp3) is 0.333. The summed E-state index contributed by atoms with van der Waals surface area (Å²) in [5.41, 5.74) is 1.71. The van der Waals surface area contributed by atoms with Gasteiger partial charge in [0.15, 0.2) is 4.73 Å². The van der Waals surface area contributed by atoms with Gasteiger partial charge in [0, 0.05) is 11.3 Å². The number of phenols is 1. The number of nitrogens with zero attached hydrogens (tertiary/aromatic N) is 2. The van der Waals surface area contributed by atoms with E-state index in [1.807, 2.05) is 12.1 Å². The molecule has 1 fully saturated rings. The fourth-order valence-electron chi connectivity index (χ4n) is 2.13. The molecular weight excluding hydrogens is 268 g/mol. The van der Waals surface area contributed by atoms with Gasteiger partial charge >= 0.3 is 0 Å². The zero-order valence-electron chi connectivity index (χ0n) is 8.65. The molecule has 1 N–H and O–H groups in total. The van der Waals surface area contributed by atoms with Crippen molar-refractivity contribution in [1.29, 1.82) is 0 Å². The molecule has 0 unspecified atom stereocenters. The normalized spacial score (nSPS) is 16.3. The van der Waals surface area contributed by atoms with Crippen molar-refractivity contribution in [3.05, 3.63) is 28.6 Å². The van der Waals surface area contributed by atoms with Crippen LogP contribution >= 0.6 is 15.9 Å². The summed E-state index contributed by atoms with van der Waals surface area (Å²) in [6, 6.07) is 5.48. The summed E-state index contributed by atoms with van der Waals surface area (Å²) in [4.78, 5) is 8.69. The molecule has 1 saturated carbocycles. The molecule has 1 aliphatic rings. The van der Waals surface area contributed by atoms with E-state index < -0.39 is 0 Å². The van der Waals surface area contributed by atoms with Crippen LogP contribution in [0, 0.1) is 0 Å². The van der Waals surface area contributed by atoms with Crippen molar-refractivity contribution in [2.45, 2.75) is 25.2 Å². The van der Waals surface area contributed by atoms with Crippen molar-refractivity contribution >= 4 is 26.8 Å². The number of para-hydroxylation sites is 1. The van der Waals surface area contributed by atoms with Gasteiger partial charge in [-0.3, -0.25) is 0 Å². The smallest absolute Gasteiger partial charge is 0.197 e. The van der Waals surface area contributed by atoms with Gasteiger partial charge in [-0.1, -0.05) is 18.6 Å². The highest BCUT2D eigenvalue weighted by Crippen LogP contribution is 2.39. The Hall–Kier alpha value is -1.16. The molecular formula is C12H11BrN2O. The van der Waals surface area contributed by atoms with E-state index in [1.54, 1.807) is 6.07 Å². The second-order valence-electron chi connectivity index (χ2n) is 4.18. The number of aromatic hydroxyl groups is 1. The Balaban J connectivity index is 2.29. The zero-order chi connectivity index (χ0) is 11.1. The third-order valence-electron chi connectivity index (χ3n) is 3.20. The first-order chi connectivity index (χ1) is 7.75. The monoisotopic (exact) mass is 278 g/mol. The van der Waals surface area contributed by atoms with Gasteiger partial charge in [-0.25, -0.2) is 9.97 Å². The summed E-state index contributed by atoms with van der Waals surface area (Å²) in [6.07, 6.45) is 3.65. The summed E-state index contributed by atoms with van der Waals surface area (Å²) in [5, 5.41) is 10.8. The number of hydrogen-bond acceptors (Lipinski definition) is 3. The van der Waals surface area contributed by atoms with Gasteiger partial charge in [0.05, 0.1) is 5.69 Å². The van der Waals surface area contributed by atoms with E-state index in [2.05, 4.69) is 25.9 Å². The predicted octanol–water partition coefficient (Wildman–Crippen LogP) is 3.37. The van der Waals surface area contributed by atoms with E-state index in [4.69, 9.17) is 0 Å². The highest BCUT2D eigenvalue weighted by Gasteiger charge is 2.24. The van der Waals surface area contributed by atoms with Gasteiger partial charge in [-0.05, 0) is 34.8 Å². The number of phenolic OH excluding ortho intramolecular Hbond substituents is 1. The number of benzene rings is 1. The van der Waals surface area contributed by atoms with Crippen molar-refractivity contribution in [3.63, 3.8) is 0 Å². The predicted molar refractivity (Wildman–Crippen MR) is 65.5 cm³/mol. The van der Waals surface area contributed by atoms with Crippen molar-refractivity contribution in [1.82, 2.24) is 9.97 Å². The Morgan fingerprint density at radius 2 is 2.06 bits per heavy atom. The van der Waals surface area contributed by atoms with Crippen LogP contribution in [-0.4, -0.2) is 15.1 Å². The first-order valence-corrected chi connectivity index (χ1v) is 6.20. The molecule has 82 valence electrons. The van der Waals surface area contributed by atoms with Crippen LogP contribution in [0.2, 0.25) is 0 Å². The standard InChI is InChI=1S/C12H11BrN2O/c13-12-14-10(7-3-1-4-7)8-5-2-6-9(16)11(8)15-12/h2,5-7,16H,1,3-4H2. The number of halogens is 1. The number of hydrogen-bond donors (Lipinski definition) is 1. The van der Waals surface area contributed by atoms with Gasteiger partial charge in [-0.15, -0.1) is 0 Å². The minimum atomic E-state index is 0.223. The Labute approximate surface area is 102 Å². The number of rotatable bonds is 1. The highest BCUT2D eigenvalue weighted by atomic mass is 79.9. The van der Waals surface area contributed by atoms with E-state index in [0.29, 0.717) is 16.2 Å². The third kappa shape index (κ3) is 1.48. The quantitative estimate of drug-likeness (QED) is 0.814. The highest BCUT2D eigenvalue weighted by molar-refractivity contribution is 9.10. The molecule has 2 aromatic rings. The van der Waals surface area contributed by atoms with Gasteiger partial charge in [0.25, 0.3) is 0 Å². The molecule has 4 heteroatoms. The minimum Gasteiger partial charge on any atom is -0.506 e. The molecule has 3 nitrogen and oxygen atoms in total. The van der Waals surface area contributed by atoms with E-state index in [-0.39, 0.29) is 5.75 Å². The summed E-state index contributed by atoms with van der Waals surface area (Å²) in [7, 11) is 0. The van der Waals surface area contributed by atoms with Gasteiger partial charge in [0.2, 0.25) is 0 Å². The summed E-state index contributed by atoms with van der Waals surface area (Å²) in [5.74, 6) is 0.754. The zero-order valence-corrected chi connectivity index (χ0v) is 10.2. The second kappa shape index (κ2) is 3.70. The van der Waals surface area contributed by atoms with Gasteiger partial charge in [0.1, 0.15) is 11.3 Å². The average Bonchev–Trinajstić information content (AvgIpc) is 2.17. The van der Waals surface area contributed by atoms with Gasteiger partial charge in [-0.2, -0.15) is 0 Å². The molecule has 0 amide bonds. The number of aromatic nitrogens is 2. The van der Waals surface area contributed by atoms with Gasteiger partial charge < -0.3 is 5.11 Å². The van der Waals surface area contributed by atoms with Crippen LogP contribution in [0.15, 0.2) is 22.9 Å². The van der Waals surface area contributed by atoms with E-state index in [1.165, 1.54) is 19.3 Å². The first kappa shape index (κ1) is 10.0. The molecule has 0 radical (unpaired) electrons. The average molecular weight is 279 g/mol. The molecule has 1 aliphatic carbocycles. The van der Waals surface area contributed by atoms with Crippen molar-refractivity contribution in [3.8, 4) is 5.75 Å². The first-order valence-electron chi connectivity index (χ1n) is 5.41. The molecule has 0 bridgehead atoms. The van der Waals surface area contributed by atoms with Crippen LogP contribution in [0.1, 0.15) is 30.9 Å². The summed E-state index contributed by atoms with van der Waals surface area (Å²) in [6.45, 7) is 0. The van der Waals surface area contributed by atoms with Crippen LogP contribution in [0.5, 0.6) is 5.75 Å². The Morgan fingerprint density at radius 3 is 2.75 bits per heavy atom. The SMILES string of the molecule is Oc1cccc2c(C3CCC3)nc(Br)nc12. The molecule has 0 aliphatic heterocycles. The molecule has 0 spiro atoms. The van der Waals surface area contributed by atoms with Crippen LogP contribution in [0.4, 0.5) is 0 Å². The second-order valence-corrected chi connectivity index (χ2v) is 4.89. The molecule has 16 heavy (non-hydrogen) atoms. The van der Waals surface area contributed by atoms with Crippen LogP contribution < -0.4 is 0 Å². The minimum absolute atomic E-state index is 0.223. The van der Waals surface area contributed by atoms with Crippen molar-refractivity contribution in [2.24, 2.45) is 0 Å². The van der Waals surface area contributed by atoms with Crippen molar-refractivity contribution < 1.29 is 5.11 Å². The van der Waals surface area contributed by atoms with Crippen molar-refractivity contribution in [2.75, 3.05) is 0 Å². The lowest BCUT2D eigenvalue weighted by Gasteiger charge is -2.25. The molecule has 0 saturated heterocycles. The molecule has 1 aromatic heterocycles. The summed E-state index contributed by atoms with van der Waals surface area (Å²) >= 11 is 3.31. The molecule has 1 heterocycles. The van der Waals surface area contributed by atoms with E-state index in [0.717, 1.165) is 11.1 Å². The lowest BCUT2D eigenvalue weighted by molar-refractivity contribution is 0.413. The Kier molecular flexibility index (Phi) is 2.32.